The summed E-state index contributed by atoms with van der Waals surface area (Å²) < 4.78 is 0. The lowest BCUT2D eigenvalue weighted by Crippen LogP contribution is -2.29. The SMILES string of the molecule is C=C(Nc1cncc(-c2cc3c(-c4nc5c(N6CCCCC6)cncc5[nH]4)n[nH]c3cn2)c1)C1CCCCC1. The maximum atomic E-state index is 5.00. The van der Waals surface area contributed by atoms with E-state index >= 15 is 0 Å². The Kier molecular flexibility index (Phi) is 6.19. The lowest BCUT2D eigenvalue weighted by molar-refractivity contribution is 0.405. The van der Waals surface area contributed by atoms with Gasteiger partial charge in [-0.2, -0.15) is 5.10 Å². The van der Waals surface area contributed by atoms with E-state index in [4.69, 9.17) is 9.97 Å². The molecule has 1 saturated carbocycles. The molecule has 39 heavy (non-hydrogen) atoms. The molecule has 0 bridgehead atoms. The van der Waals surface area contributed by atoms with E-state index in [-0.39, 0.29) is 0 Å². The summed E-state index contributed by atoms with van der Waals surface area (Å²) in [4.78, 5) is 24.5. The van der Waals surface area contributed by atoms with E-state index in [0.29, 0.717) is 5.92 Å². The van der Waals surface area contributed by atoms with E-state index in [0.717, 1.165) is 74.9 Å². The van der Waals surface area contributed by atoms with Crippen molar-refractivity contribution < 1.29 is 0 Å². The van der Waals surface area contributed by atoms with Gasteiger partial charge in [-0.05, 0) is 50.2 Å². The first kappa shape index (κ1) is 23.8. The molecule has 1 aliphatic heterocycles. The Morgan fingerprint density at radius 2 is 1.72 bits per heavy atom. The molecule has 5 aromatic rings. The summed E-state index contributed by atoms with van der Waals surface area (Å²) >= 11 is 0. The van der Waals surface area contributed by atoms with E-state index in [1.54, 1.807) is 0 Å². The highest BCUT2D eigenvalue weighted by molar-refractivity contribution is 5.96. The lowest BCUT2D eigenvalue weighted by atomic mass is 9.87. The number of aromatic nitrogens is 7. The summed E-state index contributed by atoms with van der Waals surface area (Å²) in [5, 5.41) is 12.2. The molecular weight excluding hydrogens is 486 g/mol. The summed E-state index contributed by atoms with van der Waals surface area (Å²) in [5.74, 6) is 1.25. The lowest BCUT2D eigenvalue weighted by Gasteiger charge is -2.28. The minimum absolute atomic E-state index is 0.528. The minimum atomic E-state index is 0.528. The summed E-state index contributed by atoms with van der Waals surface area (Å²) in [6.07, 6.45) is 19.3. The van der Waals surface area contributed by atoms with Crippen molar-refractivity contribution in [3.05, 3.63) is 55.4 Å². The molecule has 2 aliphatic rings. The normalized spacial score (nSPS) is 16.7. The Bertz CT molecular complexity index is 1640. The summed E-state index contributed by atoms with van der Waals surface area (Å²) in [6.45, 7) is 6.41. The maximum Gasteiger partial charge on any atom is 0.159 e. The van der Waals surface area contributed by atoms with Gasteiger partial charge in [-0.15, -0.1) is 0 Å². The fourth-order valence-electron chi connectivity index (χ4n) is 6.04. The number of anilines is 2. The number of fused-ring (bicyclic) bond motifs is 2. The Morgan fingerprint density at radius 1 is 0.897 bits per heavy atom. The minimum Gasteiger partial charge on any atom is -0.368 e. The molecule has 1 aliphatic carbocycles. The van der Waals surface area contributed by atoms with Crippen molar-refractivity contribution in [3.8, 4) is 22.8 Å². The van der Waals surface area contributed by atoms with Crippen LogP contribution >= 0.6 is 0 Å². The molecule has 3 N–H and O–H groups in total. The molecule has 6 heterocycles. The highest BCUT2D eigenvalue weighted by atomic mass is 15.2. The number of imidazole rings is 1. The molecule has 2 fully saturated rings. The number of pyridine rings is 3. The van der Waals surface area contributed by atoms with Crippen molar-refractivity contribution >= 4 is 33.3 Å². The second-order valence-electron chi connectivity index (χ2n) is 10.8. The van der Waals surface area contributed by atoms with Crippen LogP contribution < -0.4 is 10.2 Å². The van der Waals surface area contributed by atoms with Crippen LogP contribution in [-0.2, 0) is 0 Å². The Morgan fingerprint density at radius 3 is 2.59 bits per heavy atom. The van der Waals surface area contributed by atoms with E-state index in [2.05, 4.69) is 54.1 Å². The van der Waals surface area contributed by atoms with Gasteiger partial charge in [0.2, 0.25) is 0 Å². The molecule has 0 atom stereocenters. The second kappa shape index (κ2) is 10.1. The summed E-state index contributed by atoms with van der Waals surface area (Å²) in [7, 11) is 0. The quantitative estimate of drug-likeness (QED) is 0.236. The molecular formula is C30H33N9. The average Bonchev–Trinajstić information content (AvgIpc) is 3.62. The van der Waals surface area contributed by atoms with Gasteiger partial charge in [0.25, 0.3) is 0 Å². The van der Waals surface area contributed by atoms with Crippen LogP contribution in [0.3, 0.4) is 0 Å². The van der Waals surface area contributed by atoms with Gasteiger partial charge in [0, 0.05) is 35.9 Å². The first-order valence-corrected chi connectivity index (χ1v) is 14.1. The molecule has 198 valence electrons. The Balaban J connectivity index is 1.20. The van der Waals surface area contributed by atoms with Crippen LogP contribution in [0, 0.1) is 5.92 Å². The van der Waals surface area contributed by atoms with E-state index in [9.17, 15) is 0 Å². The molecule has 1 saturated heterocycles. The Hall–Kier alpha value is -4.27. The number of hydrogen-bond donors (Lipinski definition) is 3. The molecule has 0 aromatic carbocycles. The number of nitrogens with one attached hydrogen (secondary N) is 3. The molecule has 9 heteroatoms. The smallest absolute Gasteiger partial charge is 0.159 e. The van der Waals surface area contributed by atoms with Crippen LogP contribution in [0.4, 0.5) is 11.4 Å². The van der Waals surface area contributed by atoms with Gasteiger partial charge in [0.05, 0.1) is 52.9 Å². The van der Waals surface area contributed by atoms with Crippen LogP contribution in [0.15, 0.2) is 55.4 Å². The Labute approximate surface area is 227 Å². The van der Waals surface area contributed by atoms with Gasteiger partial charge < -0.3 is 15.2 Å². The first-order chi connectivity index (χ1) is 19.2. The van der Waals surface area contributed by atoms with E-state index in [1.165, 1.54) is 51.4 Å². The third-order valence-corrected chi connectivity index (χ3v) is 8.18. The molecule has 0 amide bonds. The number of hydrogen-bond acceptors (Lipinski definition) is 7. The largest absolute Gasteiger partial charge is 0.368 e. The predicted octanol–water partition coefficient (Wildman–Crippen LogP) is 6.45. The predicted molar refractivity (Wildman–Crippen MR) is 155 cm³/mol. The number of allylic oxidation sites excluding steroid dienone is 1. The van der Waals surface area contributed by atoms with Gasteiger partial charge in [0.15, 0.2) is 5.82 Å². The van der Waals surface area contributed by atoms with Crippen LogP contribution in [-0.4, -0.2) is 48.2 Å². The average molecular weight is 520 g/mol. The van der Waals surface area contributed by atoms with Crippen LogP contribution in [0.1, 0.15) is 51.4 Å². The number of piperidine rings is 1. The molecule has 0 unspecified atom stereocenters. The monoisotopic (exact) mass is 519 g/mol. The number of rotatable bonds is 6. The van der Waals surface area contributed by atoms with Crippen LogP contribution in [0.25, 0.3) is 44.7 Å². The van der Waals surface area contributed by atoms with E-state index in [1.807, 2.05) is 31.0 Å². The zero-order valence-electron chi connectivity index (χ0n) is 22.1. The third-order valence-electron chi connectivity index (χ3n) is 8.18. The zero-order chi connectivity index (χ0) is 26.2. The topological polar surface area (TPSA) is 111 Å². The molecule has 7 rings (SSSR count). The van der Waals surface area contributed by atoms with Crippen molar-refractivity contribution in [1.82, 2.24) is 35.1 Å². The van der Waals surface area contributed by atoms with Gasteiger partial charge >= 0.3 is 0 Å². The highest BCUT2D eigenvalue weighted by Gasteiger charge is 2.20. The molecule has 9 nitrogen and oxygen atoms in total. The number of nitrogens with zero attached hydrogens (tertiary/aromatic N) is 6. The number of aromatic amines is 2. The molecule has 0 spiro atoms. The van der Waals surface area contributed by atoms with Crippen molar-refractivity contribution in [2.45, 2.75) is 51.4 Å². The van der Waals surface area contributed by atoms with E-state index < -0.39 is 0 Å². The van der Waals surface area contributed by atoms with Crippen LogP contribution in [0.2, 0.25) is 0 Å². The van der Waals surface area contributed by atoms with Crippen molar-refractivity contribution in [2.75, 3.05) is 23.3 Å². The molecule has 5 aromatic heterocycles. The maximum absolute atomic E-state index is 5.00. The second-order valence-corrected chi connectivity index (χ2v) is 10.8. The van der Waals surface area contributed by atoms with Gasteiger partial charge in [-0.25, -0.2) is 4.98 Å². The fourth-order valence-corrected chi connectivity index (χ4v) is 6.04. The summed E-state index contributed by atoms with van der Waals surface area (Å²) in [6, 6.07) is 4.15. The standard InChI is InChI=1S/C30H33N9/c1-19(20-8-4-2-5-9-20)34-22-12-21(14-31-15-22)24-13-23-25(17-33-24)37-38-28(23)30-35-26-16-32-18-27(29(26)36-30)39-10-6-3-7-11-39/h12-18,20,34H,1-11H2,(H,35,36)(H,37,38). The van der Waals surface area contributed by atoms with Gasteiger partial charge in [-0.1, -0.05) is 25.8 Å². The van der Waals surface area contributed by atoms with Crippen molar-refractivity contribution in [1.29, 1.82) is 0 Å². The molecule has 0 radical (unpaired) electrons. The summed E-state index contributed by atoms with van der Waals surface area (Å²) in [5.41, 5.74) is 8.35. The zero-order valence-corrected chi connectivity index (χ0v) is 22.1. The van der Waals surface area contributed by atoms with Crippen LogP contribution in [0.5, 0.6) is 0 Å². The number of H-pyrrole nitrogens is 2. The first-order valence-electron chi connectivity index (χ1n) is 14.1. The third kappa shape index (κ3) is 4.62. The van der Waals surface area contributed by atoms with Gasteiger partial charge in [-0.3, -0.25) is 20.1 Å². The fraction of sp³-hybridized carbons (Fsp3) is 0.367. The van der Waals surface area contributed by atoms with Gasteiger partial charge in [0.1, 0.15) is 11.2 Å². The highest BCUT2D eigenvalue weighted by Crippen LogP contribution is 2.33. The van der Waals surface area contributed by atoms with Crippen molar-refractivity contribution in [3.63, 3.8) is 0 Å². The van der Waals surface area contributed by atoms with Crippen molar-refractivity contribution in [2.24, 2.45) is 5.92 Å².